The zero-order chi connectivity index (χ0) is 6.85. The third-order valence-corrected chi connectivity index (χ3v) is 2.46. The zero-order valence-corrected chi connectivity index (χ0v) is 6.57. The van der Waals surface area contributed by atoms with E-state index >= 15 is 0 Å². The van der Waals surface area contributed by atoms with E-state index in [2.05, 4.69) is 26.2 Å². The molecule has 9 heavy (non-hydrogen) atoms. The van der Waals surface area contributed by atoms with Gasteiger partial charge in [-0.15, -0.1) is 0 Å². The second-order valence-corrected chi connectivity index (χ2v) is 3.20. The molecule has 0 aromatic rings. The van der Waals surface area contributed by atoms with E-state index in [1.165, 1.54) is 13.1 Å². The van der Waals surface area contributed by atoms with Crippen LogP contribution < -0.4 is 10.2 Å². The molecule has 1 rings (SSSR count). The topological polar surface area (TPSA) is 16.5 Å². The fourth-order valence-electron chi connectivity index (χ4n) is 1.32. The van der Waals surface area contributed by atoms with Gasteiger partial charge in [-0.3, -0.25) is 0 Å². The first-order chi connectivity index (χ1) is 4.22. The van der Waals surface area contributed by atoms with Gasteiger partial charge in [0.15, 0.2) is 0 Å². The number of nitrogens with one attached hydrogen (secondary N) is 2. The SMILES string of the molecule is CC1CNCC(C)[NH+]1C. The van der Waals surface area contributed by atoms with Crippen LogP contribution in [0.4, 0.5) is 0 Å². The first-order valence-electron chi connectivity index (χ1n) is 3.76. The Morgan fingerprint density at radius 2 is 1.67 bits per heavy atom. The molecule has 1 aliphatic rings. The predicted molar refractivity (Wildman–Crippen MR) is 38.7 cm³/mol. The van der Waals surface area contributed by atoms with Crippen molar-refractivity contribution in [3.63, 3.8) is 0 Å². The molecular weight excluding hydrogens is 112 g/mol. The fourth-order valence-corrected chi connectivity index (χ4v) is 1.32. The number of piperazine rings is 1. The van der Waals surface area contributed by atoms with Gasteiger partial charge in [0.25, 0.3) is 0 Å². The summed E-state index contributed by atoms with van der Waals surface area (Å²) in [4.78, 5) is 1.66. The molecule has 0 aromatic heterocycles. The van der Waals surface area contributed by atoms with Crippen LogP contribution in [0.25, 0.3) is 0 Å². The van der Waals surface area contributed by atoms with Gasteiger partial charge < -0.3 is 10.2 Å². The van der Waals surface area contributed by atoms with Gasteiger partial charge in [0, 0.05) is 13.1 Å². The van der Waals surface area contributed by atoms with Crippen LogP contribution in [0.3, 0.4) is 0 Å². The minimum absolute atomic E-state index is 0.786. The number of quaternary nitrogens is 1. The van der Waals surface area contributed by atoms with E-state index in [0.717, 1.165) is 12.1 Å². The van der Waals surface area contributed by atoms with E-state index in [1.54, 1.807) is 4.90 Å². The molecule has 0 aliphatic carbocycles. The summed E-state index contributed by atoms with van der Waals surface area (Å²) < 4.78 is 0. The second-order valence-electron chi connectivity index (χ2n) is 3.20. The number of likely N-dealkylation sites (N-methyl/N-ethyl adjacent to an activating group) is 1. The maximum atomic E-state index is 3.39. The van der Waals surface area contributed by atoms with E-state index < -0.39 is 0 Å². The molecule has 2 N–H and O–H groups in total. The highest BCUT2D eigenvalue weighted by Gasteiger charge is 2.23. The number of rotatable bonds is 0. The van der Waals surface area contributed by atoms with Gasteiger partial charge in [0.1, 0.15) is 0 Å². The van der Waals surface area contributed by atoms with Crippen molar-refractivity contribution in [3.05, 3.63) is 0 Å². The Morgan fingerprint density at radius 3 is 2.00 bits per heavy atom. The fraction of sp³-hybridized carbons (Fsp3) is 1.00. The molecule has 1 heterocycles. The molecule has 1 fully saturated rings. The van der Waals surface area contributed by atoms with Crippen LogP contribution >= 0.6 is 0 Å². The normalized spacial score (nSPS) is 45.0. The van der Waals surface area contributed by atoms with Gasteiger partial charge in [-0.05, 0) is 13.8 Å². The minimum Gasteiger partial charge on any atom is -0.331 e. The molecule has 2 atom stereocenters. The van der Waals surface area contributed by atoms with Crippen LogP contribution in [0.15, 0.2) is 0 Å². The van der Waals surface area contributed by atoms with E-state index in [-0.39, 0.29) is 0 Å². The molecule has 2 unspecified atom stereocenters. The molecule has 1 saturated heterocycles. The lowest BCUT2D eigenvalue weighted by Crippen LogP contribution is -3.18. The van der Waals surface area contributed by atoms with Crippen molar-refractivity contribution in [1.82, 2.24) is 5.32 Å². The molecular formula is C7H17N2+. The molecule has 2 nitrogen and oxygen atoms in total. The van der Waals surface area contributed by atoms with Gasteiger partial charge in [-0.1, -0.05) is 0 Å². The van der Waals surface area contributed by atoms with E-state index in [0.29, 0.717) is 0 Å². The lowest BCUT2D eigenvalue weighted by Gasteiger charge is -2.32. The van der Waals surface area contributed by atoms with Crippen molar-refractivity contribution in [2.45, 2.75) is 25.9 Å². The largest absolute Gasteiger partial charge is 0.331 e. The Hall–Kier alpha value is -0.0800. The summed E-state index contributed by atoms with van der Waals surface area (Å²) in [7, 11) is 2.27. The standard InChI is InChI=1S/C7H16N2/c1-6-4-8-5-7(2)9(6)3/h6-8H,4-5H2,1-3H3/p+1. The van der Waals surface area contributed by atoms with E-state index in [4.69, 9.17) is 0 Å². The molecule has 0 spiro atoms. The minimum atomic E-state index is 0.786. The number of hydrogen-bond donors (Lipinski definition) is 2. The van der Waals surface area contributed by atoms with Crippen LogP contribution in [0.2, 0.25) is 0 Å². The molecule has 1 aliphatic heterocycles. The highest BCUT2D eigenvalue weighted by Crippen LogP contribution is 1.82. The average Bonchev–Trinajstić information content (AvgIpc) is 1.83. The van der Waals surface area contributed by atoms with Gasteiger partial charge in [0.05, 0.1) is 19.1 Å². The summed E-state index contributed by atoms with van der Waals surface area (Å²) >= 11 is 0. The van der Waals surface area contributed by atoms with Crippen molar-refractivity contribution >= 4 is 0 Å². The lowest BCUT2D eigenvalue weighted by atomic mass is 10.1. The van der Waals surface area contributed by atoms with Gasteiger partial charge in [0.2, 0.25) is 0 Å². The highest BCUT2D eigenvalue weighted by atomic mass is 15.2. The van der Waals surface area contributed by atoms with Crippen LogP contribution in [-0.4, -0.2) is 32.2 Å². The lowest BCUT2D eigenvalue weighted by molar-refractivity contribution is -0.929. The van der Waals surface area contributed by atoms with Crippen molar-refractivity contribution in [3.8, 4) is 0 Å². The zero-order valence-electron chi connectivity index (χ0n) is 6.57. The smallest absolute Gasteiger partial charge is 0.0972 e. The van der Waals surface area contributed by atoms with Gasteiger partial charge in [-0.25, -0.2) is 0 Å². The van der Waals surface area contributed by atoms with Crippen LogP contribution in [0.5, 0.6) is 0 Å². The van der Waals surface area contributed by atoms with Crippen LogP contribution in [0.1, 0.15) is 13.8 Å². The quantitative estimate of drug-likeness (QED) is 0.423. The van der Waals surface area contributed by atoms with Crippen molar-refractivity contribution < 1.29 is 4.90 Å². The van der Waals surface area contributed by atoms with Gasteiger partial charge in [-0.2, -0.15) is 0 Å². The Balaban J connectivity index is 2.41. The molecule has 0 bridgehead atoms. The predicted octanol–water partition coefficient (Wildman–Crippen LogP) is -1.12. The Bertz CT molecular complexity index is 82.9. The van der Waals surface area contributed by atoms with E-state index in [9.17, 15) is 0 Å². The Kier molecular flexibility index (Phi) is 2.09. The summed E-state index contributed by atoms with van der Waals surface area (Å²) in [5.74, 6) is 0. The summed E-state index contributed by atoms with van der Waals surface area (Å²) in [6, 6.07) is 1.57. The van der Waals surface area contributed by atoms with Crippen molar-refractivity contribution in [1.29, 1.82) is 0 Å². The van der Waals surface area contributed by atoms with E-state index in [1.807, 2.05) is 0 Å². The average molecular weight is 129 g/mol. The maximum Gasteiger partial charge on any atom is 0.0972 e. The third kappa shape index (κ3) is 1.43. The molecule has 0 saturated carbocycles. The summed E-state index contributed by atoms with van der Waals surface area (Å²) in [5, 5.41) is 3.39. The summed E-state index contributed by atoms with van der Waals surface area (Å²) in [6.07, 6.45) is 0. The Labute approximate surface area is 57.2 Å². The molecule has 0 aromatic carbocycles. The monoisotopic (exact) mass is 129 g/mol. The maximum absolute atomic E-state index is 3.39. The first kappa shape index (κ1) is 7.03. The molecule has 0 radical (unpaired) electrons. The molecule has 0 amide bonds. The summed E-state index contributed by atoms with van der Waals surface area (Å²) in [5.41, 5.74) is 0. The van der Waals surface area contributed by atoms with Crippen LogP contribution in [0, 0.1) is 0 Å². The summed E-state index contributed by atoms with van der Waals surface area (Å²) in [6.45, 7) is 6.93. The molecule has 2 heteroatoms. The number of hydrogen-bond acceptors (Lipinski definition) is 1. The third-order valence-electron chi connectivity index (χ3n) is 2.46. The molecule has 54 valence electrons. The van der Waals surface area contributed by atoms with Gasteiger partial charge >= 0.3 is 0 Å². The van der Waals surface area contributed by atoms with Crippen molar-refractivity contribution in [2.24, 2.45) is 0 Å². The van der Waals surface area contributed by atoms with Crippen LogP contribution in [-0.2, 0) is 0 Å². The van der Waals surface area contributed by atoms with Crippen molar-refractivity contribution in [2.75, 3.05) is 20.1 Å². The first-order valence-corrected chi connectivity index (χ1v) is 3.76. The highest BCUT2D eigenvalue weighted by molar-refractivity contribution is 4.63. The second kappa shape index (κ2) is 2.67. The Morgan fingerprint density at radius 1 is 1.22 bits per heavy atom.